The summed E-state index contributed by atoms with van der Waals surface area (Å²) >= 11 is 0. The van der Waals surface area contributed by atoms with Crippen molar-refractivity contribution >= 4 is 39.5 Å². The van der Waals surface area contributed by atoms with Crippen LogP contribution in [-0.4, -0.2) is 29.5 Å². The van der Waals surface area contributed by atoms with Gasteiger partial charge < -0.3 is 11.1 Å². The Bertz CT molecular complexity index is 1320. The van der Waals surface area contributed by atoms with E-state index >= 15 is 0 Å². The molecule has 0 saturated heterocycles. The van der Waals surface area contributed by atoms with Crippen molar-refractivity contribution in [3.63, 3.8) is 0 Å². The van der Waals surface area contributed by atoms with Crippen LogP contribution in [0.2, 0.25) is 0 Å². The van der Waals surface area contributed by atoms with Crippen molar-refractivity contribution in [2.45, 2.75) is 6.92 Å². The maximum absolute atomic E-state index is 5.96. The van der Waals surface area contributed by atoms with Crippen LogP contribution < -0.4 is 11.1 Å². The molecule has 136 valence electrons. The zero-order valence-corrected chi connectivity index (χ0v) is 15.0. The second kappa shape index (κ2) is 6.27. The van der Waals surface area contributed by atoms with E-state index in [-0.39, 0.29) is 5.95 Å². The van der Waals surface area contributed by atoms with Crippen LogP contribution in [0.1, 0.15) is 5.82 Å². The van der Waals surface area contributed by atoms with Gasteiger partial charge in [0.2, 0.25) is 17.8 Å². The molecule has 3 aromatic heterocycles. The first-order valence-corrected chi connectivity index (χ1v) is 8.75. The molecule has 0 aliphatic heterocycles. The summed E-state index contributed by atoms with van der Waals surface area (Å²) in [6.07, 6.45) is 1.77. The van der Waals surface area contributed by atoms with Gasteiger partial charge in [0.15, 0.2) is 0 Å². The summed E-state index contributed by atoms with van der Waals surface area (Å²) in [6, 6.07) is 17.6. The molecule has 0 aliphatic carbocycles. The number of nitrogens with zero attached hydrogens (tertiary/aromatic N) is 6. The molecule has 0 unspecified atom stereocenters. The Labute approximate surface area is 160 Å². The Kier molecular flexibility index (Phi) is 3.61. The third kappa shape index (κ3) is 2.77. The number of anilines is 3. The number of benzene rings is 2. The van der Waals surface area contributed by atoms with Crippen LogP contribution >= 0.6 is 0 Å². The number of hydrogen-bond donors (Lipinski definition) is 2. The number of hydrogen-bond acceptors (Lipinski definition) is 7. The molecule has 28 heavy (non-hydrogen) atoms. The van der Waals surface area contributed by atoms with Gasteiger partial charge in [0, 0.05) is 17.3 Å². The number of para-hydroxylation sites is 2. The molecule has 3 N–H and O–H groups in total. The molecule has 3 heterocycles. The van der Waals surface area contributed by atoms with Crippen molar-refractivity contribution in [2.24, 2.45) is 0 Å². The Morgan fingerprint density at radius 2 is 1.79 bits per heavy atom. The van der Waals surface area contributed by atoms with Crippen molar-refractivity contribution in [3.8, 4) is 5.95 Å². The summed E-state index contributed by atoms with van der Waals surface area (Å²) in [4.78, 5) is 22.0. The van der Waals surface area contributed by atoms with Gasteiger partial charge in [-0.05, 0) is 43.3 Å². The molecular weight excluding hydrogens is 352 g/mol. The van der Waals surface area contributed by atoms with E-state index in [0.717, 1.165) is 33.4 Å². The van der Waals surface area contributed by atoms with E-state index in [1.54, 1.807) is 6.20 Å². The van der Waals surface area contributed by atoms with Crippen LogP contribution in [0, 0.1) is 6.92 Å². The Morgan fingerprint density at radius 1 is 0.893 bits per heavy atom. The normalized spacial score (nSPS) is 11.2. The van der Waals surface area contributed by atoms with E-state index in [0.29, 0.717) is 11.9 Å². The molecule has 0 atom stereocenters. The molecule has 0 bridgehead atoms. The lowest BCUT2D eigenvalue weighted by Gasteiger charge is -2.10. The van der Waals surface area contributed by atoms with E-state index < -0.39 is 0 Å². The molecule has 5 rings (SSSR count). The summed E-state index contributed by atoms with van der Waals surface area (Å²) < 4.78 is 1.86. The Hall–Kier alpha value is -4.07. The quantitative estimate of drug-likeness (QED) is 0.502. The van der Waals surface area contributed by atoms with E-state index in [9.17, 15) is 0 Å². The summed E-state index contributed by atoms with van der Waals surface area (Å²) in [7, 11) is 0. The number of aryl methyl sites for hydroxylation is 1. The fourth-order valence-electron chi connectivity index (χ4n) is 3.22. The van der Waals surface area contributed by atoms with Gasteiger partial charge in [0.25, 0.3) is 0 Å². The van der Waals surface area contributed by atoms with Crippen molar-refractivity contribution < 1.29 is 0 Å². The van der Waals surface area contributed by atoms with Gasteiger partial charge in [-0.15, -0.1) is 0 Å². The first-order valence-electron chi connectivity index (χ1n) is 8.75. The lowest BCUT2D eigenvalue weighted by molar-refractivity contribution is 0.890. The molecule has 2 aromatic carbocycles. The first-order chi connectivity index (χ1) is 13.7. The molecule has 0 saturated carbocycles. The predicted octanol–water partition coefficient (Wildman–Crippen LogP) is 3.39. The number of pyridine rings is 1. The highest BCUT2D eigenvalue weighted by atomic mass is 15.3. The molecule has 0 spiro atoms. The van der Waals surface area contributed by atoms with Gasteiger partial charge >= 0.3 is 0 Å². The fourth-order valence-corrected chi connectivity index (χ4v) is 3.22. The highest BCUT2D eigenvalue weighted by Gasteiger charge is 2.13. The van der Waals surface area contributed by atoms with E-state index in [4.69, 9.17) is 5.73 Å². The summed E-state index contributed by atoms with van der Waals surface area (Å²) in [5.41, 5.74) is 9.50. The van der Waals surface area contributed by atoms with Crippen molar-refractivity contribution in [1.29, 1.82) is 0 Å². The van der Waals surface area contributed by atoms with Crippen LogP contribution in [0.4, 0.5) is 17.6 Å². The largest absolute Gasteiger partial charge is 0.368 e. The zero-order chi connectivity index (χ0) is 19.1. The minimum Gasteiger partial charge on any atom is -0.368 e. The second-order valence-corrected chi connectivity index (χ2v) is 6.34. The minimum absolute atomic E-state index is 0.132. The van der Waals surface area contributed by atoms with E-state index in [1.807, 2.05) is 66.1 Å². The Morgan fingerprint density at radius 3 is 2.71 bits per heavy atom. The average molecular weight is 368 g/mol. The topological polar surface area (TPSA) is 107 Å². The molecule has 0 amide bonds. The fraction of sp³-hybridized carbons (Fsp3) is 0.0500. The van der Waals surface area contributed by atoms with E-state index in [2.05, 4.69) is 30.2 Å². The third-order valence-electron chi connectivity index (χ3n) is 4.43. The van der Waals surface area contributed by atoms with Crippen LogP contribution in [0.15, 0.2) is 60.8 Å². The summed E-state index contributed by atoms with van der Waals surface area (Å²) in [6.45, 7) is 1.91. The van der Waals surface area contributed by atoms with Crippen LogP contribution in [0.3, 0.4) is 0 Å². The summed E-state index contributed by atoms with van der Waals surface area (Å²) in [5.74, 6) is 1.69. The van der Waals surface area contributed by atoms with Gasteiger partial charge in [-0.3, -0.25) is 9.55 Å². The maximum Gasteiger partial charge on any atom is 0.242 e. The first kappa shape index (κ1) is 16.1. The lowest BCUT2D eigenvalue weighted by atomic mass is 10.2. The number of imidazole rings is 1. The molecular formula is C20H16N8. The molecule has 0 aliphatic rings. The van der Waals surface area contributed by atoms with Crippen LogP contribution in [-0.2, 0) is 0 Å². The maximum atomic E-state index is 5.96. The standard InChI is InChI=1S/C20H16N8/c1-12-23-16-6-2-3-7-17(16)28(12)20-26-18(21)25-19(27-20)24-14-8-9-15-13(11-14)5-4-10-22-15/h2-11H,1H3,(H3,21,24,25,26,27). The monoisotopic (exact) mass is 368 g/mol. The SMILES string of the molecule is Cc1nc2ccccc2n1-c1nc(N)nc(Nc2ccc3ncccc3c2)n1. The van der Waals surface area contributed by atoms with Crippen molar-refractivity contribution in [2.75, 3.05) is 11.1 Å². The average Bonchev–Trinajstić information content (AvgIpc) is 3.03. The second-order valence-electron chi connectivity index (χ2n) is 6.34. The highest BCUT2D eigenvalue weighted by molar-refractivity contribution is 5.83. The molecule has 5 aromatic rings. The minimum atomic E-state index is 0.132. The number of fused-ring (bicyclic) bond motifs is 2. The molecule has 8 heteroatoms. The number of rotatable bonds is 3. The highest BCUT2D eigenvalue weighted by Crippen LogP contribution is 2.22. The van der Waals surface area contributed by atoms with Gasteiger partial charge in [0.05, 0.1) is 16.6 Å². The number of nitrogens with two attached hydrogens (primary N) is 1. The Balaban J connectivity index is 1.58. The molecule has 8 nitrogen and oxygen atoms in total. The van der Waals surface area contributed by atoms with Crippen molar-refractivity contribution in [3.05, 3.63) is 66.6 Å². The summed E-state index contributed by atoms with van der Waals surface area (Å²) in [5, 5.41) is 4.22. The van der Waals surface area contributed by atoms with Gasteiger partial charge in [-0.2, -0.15) is 15.0 Å². The van der Waals surface area contributed by atoms with Crippen LogP contribution in [0.5, 0.6) is 0 Å². The third-order valence-corrected chi connectivity index (χ3v) is 4.43. The molecule has 0 fully saturated rings. The molecule has 0 radical (unpaired) electrons. The van der Waals surface area contributed by atoms with Crippen molar-refractivity contribution in [1.82, 2.24) is 29.5 Å². The number of nitrogen functional groups attached to an aromatic ring is 1. The van der Waals surface area contributed by atoms with Gasteiger partial charge in [-0.1, -0.05) is 18.2 Å². The van der Waals surface area contributed by atoms with Crippen LogP contribution in [0.25, 0.3) is 27.9 Å². The van der Waals surface area contributed by atoms with Gasteiger partial charge in [0.1, 0.15) is 5.82 Å². The number of aromatic nitrogens is 6. The lowest BCUT2D eigenvalue weighted by Crippen LogP contribution is -2.10. The predicted molar refractivity (Wildman–Crippen MR) is 109 cm³/mol. The van der Waals surface area contributed by atoms with E-state index in [1.165, 1.54) is 0 Å². The smallest absolute Gasteiger partial charge is 0.242 e. The van der Waals surface area contributed by atoms with Gasteiger partial charge in [-0.25, -0.2) is 4.98 Å². The zero-order valence-electron chi connectivity index (χ0n) is 15.0. The number of nitrogens with one attached hydrogen (secondary N) is 1.